The van der Waals surface area contributed by atoms with Gasteiger partial charge in [-0.25, -0.2) is 0 Å². The monoisotopic (exact) mass is 259 g/mol. The van der Waals surface area contributed by atoms with Crippen LogP contribution in [0.15, 0.2) is 24.3 Å². The molecule has 104 valence electrons. The van der Waals surface area contributed by atoms with Crippen molar-refractivity contribution >= 4 is 5.69 Å². The van der Waals surface area contributed by atoms with Crippen LogP contribution in [0.1, 0.15) is 45.2 Å². The van der Waals surface area contributed by atoms with E-state index in [4.69, 9.17) is 5.26 Å². The molecule has 1 N–H and O–H groups in total. The molecule has 0 saturated carbocycles. The molecule has 1 rings (SSSR count). The van der Waals surface area contributed by atoms with Crippen molar-refractivity contribution in [3.05, 3.63) is 29.8 Å². The maximum Gasteiger partial charge on any atom is 0.0643 e. The SMILES string of the molecule is CCNC(CC)c1ccc(N(C)C(C)CC#N)cc1. The van der Waals surface area contributed by atoms with Crippen LogP contribution in [-0.2, 0) is 0 Å². The number of anilines is 1. The molecule has 0 heterocycles. The molecule has 0 aliphatic carbocycles. The van der Waals surface area contributed by atoms with Crippen molar-refractivity contribution in [3.8, 4) is 6.07 Å². The van der Waals surface area contributed by atoms with E-state index in [1.807, 2.05) is 7.05 Å². The van der Waals surface area contributed by atoms with Crippen LogP contribution in [0.5, 0.6) is 0 Å². The number of benzene rings is 1. The van der Waals surface area contributed by atoms with Crippen molar-refractivity contribution in [1.82, 2.24) is 5.32 Å². The van der Waals surface area contributed by atoms with Gasteiger partial charge in [0.05, 0.1) is 12.5 Å². The number of nitriles is 1. The smallest absolute Gasteiger partial charge is 0.0643 e. The van der Waals surface area contributed by atoms with Crippen LogP contribution in [0, 0.1) is 11.3 Å². The summed E-state index contributed by atoms with van der Waals surface area (Å²) in [6.45, 7) is 7.39. The molecule has 2 atom stereocenters. The summed E-state index contributed by atoms with van der Waals surface area (Å²) in [5.74, 6) is 0. The average Bonchev–Trinajstić information content (AvgIpc) is 2.44. The lowest BCUT2D eigenvalue weighted by atomic mass is 10.0. The van der Waals surface area contributed by atoms with Crippen LogP contribution < -0.4 is 10.2 Å². The highest BCUT2D eigenvalue weighted by atomic mass is 15.1. The molecule has 0 aromatic heterocycles. The second kappa shape index (κ2) is 7.81. The van der Waals surface area contributed by atoms with Crippen LogP contribution in [0.25, 0.3) is 0 Å². The minimum absolute atomic E-state index is 0.242. The molecule has 0 fully saturated rings. The summed E-state index contributed by atoms with van der Waals surface area (Å²) in [5, 5.41) is 12.2. The lowest BCUT2D eigenvalue weighted by molar-refractivity contribution is 0.537. The van der Waals surface area contributed by atoms with E-state index < -0.39 is 0 Å². The number of hydrogen-bond acceptors (Lipinski definition) is 3. The fourth-order valence-corrected chi connectivity index (χ4v) is 2.21. The molecule has 19 heavy (non-hydrogen) atoms. The minimum atomic E-state index is 0.242. The summed E-state index contributed by atoms with van der Waals surface area (Å²) in [5.41, 5.74) is 2.49. The second-order valence-electron chi connectivity index (χ2n) is 4.93. The van der Waals surface area contributed by atoms with Gasteiger partial charge < -0.3 is 10.2 Å². The van der Waals surface area contributed by atoms with Crippen molar-refractivity contribution in [2.45, 2.75) is 45.7 Å². The van der Waals surface area contributed by atoms with Gasteiger partial charge in [-0.1, -0.05) is 26.0 Å². The predicted molar refractivity (Wildman–Crippen MR) is 81.2 cm³/mol. The Bertz CT molecular complexity index is 405. The fourth-order valence-electron chi connectivity index (χ4n) is 2.21. The summed E-state index contributed by atoms with van der Waals surface area (Å²) < 4.78 is 0. The Labute approximate surface area is 117 Å². The van der Waals surface area contributed by atoms with E-state index in [1.165, 1.54) is 5.56 Å². The summed E-state index contributed by atoms with van der Waals surface area (Å²) in [6.07, 6.45) is 1.64. The molecule has 1 aromatic carbocycles. The van der Waals surface area contributed by atoms with Crippen LogP contribution in [-0.4, -0.2) is 19.6 Å². The summed E-state index contributed by atoms with van der Waals surface area (Å²) in [6, 6.07) is 11.5. The molecule has 3 heteroatoms. The average molecular weight is 259 g/mol. The van der Waals surface area contributed by atoms with E-state index in [-0.39, 0.29) is 6.04 Å². The molecule has 0 saturated heterocycles. The first-order valence-corrected chi connectivity index (χ1v) is 7.07. The zero-order valence-electron chi connectivity index (χ0n) is 12.5. The molecule has 0 aliphatic rings. The first kappa shape index (κ1) is 15.5. The number of rotatable bonds is 7. The van der Waals surface area contributed by atoms with E-state index in [0.29, 0.717) is 12.5 Å². The van der Waals surface area contributed by atoms with Gasteiger partial charge in [0.1, 0.15) is 0 Å². The van der Waals surface area contributed by atoms with E-state index in [9.17, 15) is 0 Å². The molecular formula is C16H25N3. The van der Waals surface area contributed by atoms with Gasteiger partial charge in [0.25, 0.3) is 0 Å². The molecule has 2 unspecified atom stereocenters. The van der Waals surface area contributed by atoms with Gasteiger partial charge in [-0.15, -0.1) is 0 Å². The first-order valence-electron chi connectivity index (χ1n) is 7.07. The Morgan fingerprint density at radius 3 is 2.37 bits per heavy atom. The molecular weight excluding hydrogens is 234 g/mol. The zero-order valence-corrected chi connectivity index (χ0v) is 12.5. The van der Waals surface area contributed by atoms with E-state index >= 15 is 0 Å². The maximum atomic E-state index is 8.76. The van der Waals surface area contributed by atoms with Gasteiger partial charge in [-0.05, 0) is 37.6 Å². The Balaban J connectivity index is 2.78. The third-order valence-corrected chi connectivity index (χ3v) is 3.61. The van der Waals surface area contributed by atoms with Crippen molar-refractivity contribution < 1.29 is 0 Å². The molecule has 0 radical (unpaired) electrons. The normalized spacial score (nSPS) is 13.6. The number of hydrogen-bond donors (Lipinski definition) is 1. The molecule has 0 aliphatic heterocycles. The largest absolute Gasteiger partial charge is 0.371 e. The molecule has 0 amide bonds. The van der Waals surface area contributed by atoms with Crippen LogP contribution in [0.2, 0.25) is 0 Å². The van der Waals surface area contributed by atoms with Crippen LogP contribution in [0.4, 0.5) is 5.69 Å². The lowest BCUT2D eigenvalue weighted by Crippen LogP contribution is -2.28. The summed E-state index contributed by atoms with van der Waals surface area (Å²) in [7, 11) is 2.04. The highest BCUT2D eigenvalue weighted by Crippen LogP contribution is 2.22. The van der Waals surface area contributed by atoms with Gasteiger partial charge in [-0.2, -0.15) is 5.26 Å². The third-order valence-electron chi connectivity index (χ3n) is 3.61. The molecule has 0 bridgehead atoms. The zero-order chi connectivity index (χ0) is 14.3. The van der Waals surface area contributed by atoms with Crippen molar-refractivity contribution in [1.29, 1.82) is 5.26 Å². The highest BCUT2D eigenvalue weighted by molar-refractivity contribution is 5.48. The molecule has 1 aromatic rings. The fraction of sp³-hybridized carbons (Fsp3) is 0.562. The first-order chi connectivity index (χ1) is 9.13. The van der Waals surface area contributed by atoms with Crippen LogP contribution in [0.3, 0.4) is 0 Å². The Morgan fingerprint density at radius 1 is 1.26 bits per heavy atom. The van der Waals surface area contributed by atoms with E-state index in [0.717, 1.165) is 18.7 Å². The number of nitrogens with zero attached hydrogens (tertiary/aromatic N) is 2. The van der Waals surface area contributed by atoms with Crippen molar-refractivity contribution in [2.24, 2.45) is 0 Å². The molecule has 0 spiro atoms. The number of nitrogens with one attached hydrogen (secondary N) is 1. The lowest BCUT2D eigenvalue weighted by Gasteiger charge is -2.26. The summed E-state index contributed by atoms with van der Waals surface area (Å²) >= 11 is 0. The highest BCUT2D eigenvalue weighted by Gasteiger charge is 2.11. The topological polar surface area (TPSA) is 39.1 Å². The standard InChI is InChI=1S/C16H25N3/c1-5-16(18-6-2)14-7-9-15(10-8-14)19(4)13(3)11-12-17/h7-10,13,16,18H,5-6,11H2,1-4H3. The quantitative estimate of drug-likeness (QED) is 0.814. The van der Waals surface area contributed by atoms with Crippen molar-refractivity contribution in [2.75, 3.05) is 18.5 Å². The van der Waals surface area contributed by atoms with E-state index in [2.05, 4.69) is 61.3 Å². The van der Waals surface area contributed by atoms with Gasteiger partial charge in [0.2, 0.25) is 0 Å². The molecule has 3 nitrogen and oxygen atoms in total. The predicted octanol–water partition coefficient (Wildman–Crippen LogP) is 3.49. The summed E-state index contributed by atoms with van der Waals surface area (Å²) in [4.78, 5) is 2.15. The Kier molecular flexibility index (Phi) is 6.38. The van der Waals surface area contributed by atoms with Gasteiger partial charge in [0, 0.05) is 24.8 Å². The Hall–Kier alpha value is -1.53. The Morgan fingerprint density at radius 2 is 1.89 bits per heavy atom. The van der Waals surface area contributed by atoms with Gasteiger partial charge in [0.15, 0.2) is 0 Å². The van der Waals surface area contributed by atoms with E-state index in [1.54, 1.807) is 0 Å². The third kappa shape index (κ3) is 4.25. The minimum Gasteiger partial charge on any atom is -0.371 e. The van der Waals surface area contributed by atoms with Crippen molar-refractivity contribution in [3.63, 3.8) is 0 Å². The van der Waals surface area contributed by atoms with Gasteiger partial charge >= 0.3 is 0 Å². The van der Waals surface area contributed by atoms with Gasteiger partial charge in [-0.3, -0.25) is 0 Å². The van der Waals surface area contributed by atoms with Crippen LogP contribution >= 0.6 is 0 Å². The second-order valence-corrected chi connectivity index (χ2v) is 4.93. The maximum absolute atomic E-state index is 8.76.